The number of benzene rings is 2. The van der Waals surface area contributed by atoms with E-state index in [-0.39, 0.29) is 5.82 Å². The second kappa shape index (κ2) is 6.38. The van der Waals surface area contributed by atoms with Crippen molar-refractivity contribution in [2.24, 2.45) is 0 Å². The van der Waals surface area contributed by atoms with Crippen molar-refractivity contribution in [3.05, 3.63) is 57.8 Å². The molecule has 0 bridgehead atoms. The van der Waals surface area contributed by atoms with E-state index >= 15 is 0 Å². The van der Waals surface area contributed by atoms with Crippen LogP contribution in [0.25, 0.3) is 11.1 Å². The molecule has 2 aromatic carbocycles. The molecule has 0 aliphatic rings. The predicted molar refractivity (Wildman–Crippen MR) is 79.2 cm³/mol. The van der Waals surface area contributed by atoms with Crippen LogP contribution < -0.4 is 5.32 Å². The Balaban J connectivity index is 2.34. The molecule has 0 fully saturated rings. The van der Waals surface area contributed by atoms with Gasteiger partial charge in [-0.05, 0) is 41.9 Å². The van der Waals surface area contributed by atoms with Crippen molar-refractivity contribution in [3.63, 3.8) is 0 Å². The molecule has 0 radical (unpaired) electrons. The molecule has 0 unspecified atom stereocenters. The first-order valence-electron chi connectivity index (χ1n) is 6.05. The first kappa shape index (κ1) is 14.3. The minimum Gasteiger partial charge on any atom is -0.313 e. The SMILES string of the molecule is CCNCc1ccc(-c2cc(Cl)cc(Cl)c2)c(F)c1. The van der Waals surface area contributed by atoms with Crippen LogP contribution in [-0.2, 0) is 6.54 Å². The highest BCUT2D eigenvalue weighted by Gasteiger charge is 2.08. The summed E-state index contributed by atoms with van der Waals surface area (Å²) >= 11 is 11.9. The summed E-state index contributed by atoms with van der Waals surface area (Å²) in [7, 11) is 0. The molecule has 19 heavy (non-hydrogen) atoms. The molecule has 1 N–H and O–H groups in total. The summed E-state index contributed by atoms with van der Waals surface area (Å²) in [5, 5.41) is 4.16. The Bertz CT molecular complexity index is 564. The van der Waals surface area contributed by atoms with E-state index in [0.717, 1.165) is 12.1 Å². The van der Waals surface area contributed by atoms with Crippen molar-refractivity contribution in [1.82, 2.24) is 5.32 Å². The molecule has 0 saturated carbocycles. The van der Waals surface area contributed by atoms with Crippen molar-refractivity contribution < 1.29 is 4.39 Å². The minimum atomic E-state index is -0.270. The van der Waals surface area contributed by atoms with Gasteiger partial charge in [0.15, 0.2) is 0 Å². The van der Waals surface area contributed by atoms with Crippen LogP contribution in [0.15, 0.2) is 36.4 Å². The molecule has 1 nitrogen and oxygen atoms in total. The molecule has 0 amide bonds. The van der Waals surface area contributed by atoms with Gasteiger partial charge < -0.3 is 5.32 Å². The van der Waals surface area contributed by atoms with E-state index in [4.69, 9.17) is 23.2 Å². The maximum absolute atomic E-state index is 14.1. The lowest BCUT2D eigenvalue weighted by molar-refractivity contribution is 0.625. The van der Waals surface area contributed by atoms with E-state index in [2.05, 4.69) is 5.32 Å². The van der Waals surface area contributed by atoms with Gasteiger partial charge in [-0.15, -0.1) is 0 Å². The Morgan fingerprint density at radius 2 is 1.74 bits per heavy atom. The van der Waals surface area contributed by atoms with Gasteiger partial charge in [-0.25, -0.2) is 4.39 Å². The number of rotatable bonds is 4. The molecular weight excluding hydrogens is 284 g/mol. The largest absolute Gasteiger partial charge is 0.313 e. The summed E-state index contributed by atoms with van der Waals surface area (Å²) in [6.45, 7) is 3.52. The zero-order chi connectivity index (χ0) is 13.8. The first-order valence-corrected chi connectivity index (χ1v) is 6.81. The topological polar surface area (TPSA) is 12.0 Å². The molecule has 2 rings (SSSR count). The van der Waals surface area contributed by atoms with Crippen molar-refractivity contribution in [2.75, 3.05) is 6.54 Å². The summed E-state index contributed by atoms with van der Waals surface area (Å²) in [6.07, 6.45) is 0. The van der Waals surface area contributed by atoms with Gasteiger partial charge in [0.25, 0.3) is 0 Å². The van der Waals surface area contributed by atoms with Crippen LogP contribution in [0.2, 0.25) is 10.0 Å². The third-order valence-electron chi connectivity index (χ3n) is 2.79. The Morgan fingerprint density at radius 1 is 1.05 bits per heavy atom. The lowest BCUT2D eigenvalue weighted by Gasteiger charge is -2.08. The highest BCUT2D eigenvalue weighted by molar-refractivity contribution is 6.35. The van der Waals surface area contributed by atoms with Crippen LogP contribution in [0.1, 0.15) is 12.5 Å². The summed E-state index contributed by atoms with van der Waals surface area (Å²) in [5.41, 5.74) is 2.10. The standard InChI is InChI=1S/C15H14Cl2FN/c1-2-19-9-10-3-4-14(15(18)5-10)11-6-12(16)8-13(17)7-11/h3-8,19H,2,9H2,1H3. The molecule has 0 aromatic heterocycles. The van der Waals surface area contributed by atoms with E-state index in [1.54, 1.807) is 24.3 Å². The number of halogens is 3. The van der Waals surface area contributed by atoms with E-state index in [9.17, 15) is 4.39 Å². The highest BCUT2D eigenvalue weighted by atomic mass is 35.5. The van der Waals surface area contributed by atoms with Gasteiger partial charge in [0, 0.05) is 22.2 Å². The minimum absolute atomic E-state index is 0.270. The molecular formula is C15H14Cl2FN. The van der Waals surface area contributed by atoms with Gasteiger partial charge in [0.05, 0.1) is 0 Å². The Kier molecular flexibility index (Phi) is 4.81. The third-order valence-corrected chi connectivity index (χ3v) is 3.22. The zero-order valence-electron chi connectivity index (χ0n) is 10.5. The van der Waals surface area contributed by atoms with E-state index in [1.165, 1.54) is 6.07 Å². The number of nitrogens with one attached hydrogen (secondary N) is 1. The lowest BCUT2D eigenvalue weighted by atomic mass is 10.0. The van der Waals surface area contributed by atoms with Crippen LogP contribution in [-0.4, -0.2) is 6.54 Å². The summed E-state index contributed by atoms with van der Waals surface area (Å²) in [5.74, 6) is -0.270. The normalized spacial score (nSPS) is 10.7. The second-order valence-corrected chi connectivity index (χ2v) is 5.13. The Hall–Kier alpha value is -1.09. The molecule has 4 heteroatoms. The fourth-order valence-electron chi connectivity index (χ4n) is 1.88. The molecule has 0 saturated heterocycles. The fourth-order valence-corrected chi connectivity index (χ4v) is 2.41. The van der Waals surface area contributed by atoms with Gasteiger partial charge >= 0.3 is 0 Å². The number of hydrogen-bond acceptors (Lipinski definition) is 1. The van der Waals surface area contributed by atoms with Crippen LogP contribution in [0.4, 0.5) is 4.39 Å². The molecule has 0 heterocycles. The monoisotopic (exact) mass is 297 g/mol. The lowest BCUT2D eigenvalue weighted by Crippen LogP contribution is -2.11. The van der Waals surface area contributed by atoms with Crippen molar-refractivity contribution in [2.45, 2.75) is 13.5 Å². The van der Waals surface area contributed by atoms with E-state index < -0.39 is 0 Å². The van der Waals surface area contributed by atoms with Gasteiger partial charge in [-0.2, -0.15) is 0 Å². The van der Waals surface area contributed by atoms with E-state index in [1.807, 2.05) is 13.0 Å². The van der Waals surface area contributed by atoms with Crippen LogP contribution in [0.5, 0.6) is 0 Å². The second-order valence-electron chi connectivity index (χ2n) is 4.25. The van der Waals surface area contributed by atoms with Crippen molar-refractivity contribution in [1.29, 1.82) is 0 Å². The highest BCUT2D eigenvalue weighted by Crippen LogP contribution is 2.29. The van der Waals surface area contributed by atoms with Crippen LogP contribution in [0, 0.1) is 5.82 Å². The van der Waals surface area contributed by atoms with Gasteiger partial charge in [-0.3, -0.25) is 0 Å². The van der Waals surface area contributed by atoms with Crippen LogP contribution >= 0.6 is 23.2 Å². The molecule has 2 aromatic rings. The molecule has 0 aliphatic carbocycles. The van der Waals surface area contributed by atoms with Gasteiger partial charge in [-0.1, -0.05) is 42.3 Å². The predicted octanol–water partition coefficient (Wildman–Crippen LogP) is 4.91. The van der Waals surface area contributed by atoms with Crippen LogP contribution in [0.3, 0.4) is 0 Å². The number of hydrogen-bond donors (Lipinski definition) is 1. The van der Waals surface area contributed by atoms with E-state index in [0.29, 0.717) is 27.7 Å². The molecule has 0 spiro atoms. The summed E-state index contributed by atoms with van der Waals surface area (Å²) in [6, 6.07) is 10.2. The Morgan fingerprint density at radius 3 is 2.32 bits per heavy atom. The average Bonchev–Trinajstić information content (AvgIpc) is 2.35. The molecule has 0 aliphatic heterocycles. The van der Waals surface area contributed by atoms with Crippen molar-refractivity contribution >= 4 is 23.2 Å². The van der Waals surface area contributed by atoms with Crippen molar-refractivity contribution in [3.8, 4) is 11.1 Å². The third kappa shape index (κ3) is 3.69. The fraction of sp³-hybridized carbons (Fsp3) is 0.200. The first-order chi connectivity index (χ1) is 9.10. The maximum atomic E-state index is 14.1. The Labute approximate surface area is 122 Å². The smallest absolute Gasteiger partial charge is 0.131 e. The average molecular weight is 298 g/mol. The molecule has 0 atom stereocenters. The maximum Gasteiger partial charge on any atom is 0.131 e. The molecule has 100 valence electrons. The quantitative estimate of drug-likeness (QED) is 0.845. The van der Waals surface area contributed by atoms with Gasteiger partial charge in [0.1, 0.15) is 5.82 Å². The summed E-state index contributed by atoms with van der Waals surface area (Å²) in [4.78, 5) is 0. The van der Waals surface area contributed by atoms with Gasteiger partial charge in [0.2, 0.25) is 0 Å². The summed E-state index contributed by atoms with van der Waals surface area (Å²) < 4.78 is 14.1. The zero-order valence-corrected chi connectivity index (χ0v) is 12.0.